The van der Waals surface area contributed by atoms with Crippen molar-refractivity contribution < 1.29 is 24.5 Å². The molecule has 0 bridgehead atoms. The van der Waals surface area contributed by atoms with Gasteiger partial charge in [0.1, 0.15) is 17.6 Å². The van der Waals surface area contributed by atoms with Crippen LogP contribution in [0.2, 0.25) is 0 Å². The predicted molar refractivity (Wildman–Crippen MR) is 140 cm³/mol. The van der Waals surface area contributed by atoms with Gasteiger partial charge >= 0.3 is 0 Å². The number of aryl methyl sites for hydroxylation is 3. The summed E-state index contributed by atoms with van der Waals surface area (Å²) in [5, 5.41) is 17.9. The normalized spacial score (nSPS) is 12.1. The van der Waals surface area contributed by atoms with Gasteiger partial charge in [0.05, 0.1) is 12.7 Å². The topological polar surface area (TPSA) is 76.0 Å². The van der Waals surface area contributed by atoms with Crippen molar-refractivity contribution in [3.8, 4) is 11.5 Å². The van der Waals surface area contributed by atoms with Gasteiger partial charge in [-0.1, -0.05) is 62.7 Å². The number of carboxylic acid groups (broad SMARTS) is 1. The number of rotatable bonds is 11. The maximum atomic E-state index is 11.0. The molecule has 3 aromatic carbocycles. The lowest BCUT2D eigenvalue weighted by Gasteiger charge is -2.21. The minimum absolute atomic E-state index is 0.0374. The van der Waals surface area contributed by atoms with E-state index in [1.54, 1.807) is 0 Å². The molecular formula is C30H38O5. The number of aliphatic hydroxyl groups is 1. The summed E-state index contributed by atoms with van der Waals surface area (Å²) in [5.74, 6) is 1.63. The van der Waals surface area contributed by atoms with Crippen molar-refractivity contribution in [2.75, 3.05) is 6.61 Å². The molecule has 1 unspecified atom stereocenters. The van der Waals surface area contributed by atoms with Gasteiger partial charge in [-0.25, -0.2) is 0 Å². The molecule has 35 heavy (non-hydrogen) atoms. The van der Waals surface area contributed by atoms with E-state index < -0.39 is 6.10 Å². The van der Waals surface area contributed by atoms with Gasteiger partial charge in [0.25, 0.3) is 6.47 Å². The van der Waals surface area contributed by atoms with Crippen molar-refractivity contribution in [3.05, 3.63) is 94.5 Å². The van der Waals surface area contributed by atoms with Crippen LogP contribution < -0.4 is 9.47 Å². The van der Waals surface area contributed by atoms with Gasteiger partial charge in [-0.15, -0.1) is 0 Å². The lowest BCUT2D eigenvalue weighted by atomic mass is 9.98. The average Bonchev–Trinajstić information content (AvgIpc) is 2.86. The van der Waals surface area contributed by atoms with Crippen LogP contribution >= 0.6 is 0 Å². The largest absolute Gasteiger partial charge is 0.493 e. The van der Waals surface area contributed by atoms with Crippen molar-refractivity contribution in [1.82, 2.24) is 0 Å². The molecule has 0 aliphatic rings. The van der Waals surface area contributed by atoms with E-state index in [4.69, 9.17) is 19.4 Å². The van der Waals surface area contributed by atoms with Crippen LogP contribution in [-0.2, 0) is 17.6 Å². The number of ether oxygens (including phenoxy) is 2. The van der Waals surface area contributed by atoms with Crippen LogP contribution in [0, 0.1) is 6.92 Å². The van der Waals surface area contributed by atoms with Crippen LogP contribution in [0.4, 0.5) is 0 Å². The Hall–Kier alpha value is -3.31. The van der Waals surface area contributed by atoms with Crippen LogP contribution in [0.3, 0.4) is 0 Å². The first-order valence-corrected chi connectivity index (χ1v) is 12.3. The second-order valence-corrected chi connectivity index (χ2v) is 8.55. The quantitative estimate of drug-likeness (QED) is 0.307. The molecule has 0 amide bonds. The fourth-order valence-electron chi connectivity index (χ4n) is 3.88. The Kier molecular flexibility index (Phi) is 11.8. The number of carbonyl (C=O) groups is 1. The molecule has 5 nitrogen and oxygen atoms in total. The highest BCUT2D eigenvalue weighted by Crippen LogP contribution is 2.32. The Morgan fingerprint density at radius 3 is 2.34 bits per heavy atom. The van der Waals surface area contributed by atoms with Crippen molar-refractivity contribution in [1.29, 1.82) is 0 Å². The molecule has 0 aliphatic heterocycles. The van der Waals surface area contributed by atoms with Crippen LogP contribution in [0.5, 0.6) is 11.5 Å². The van der Waals surface area contributed by atoms with Gasteiger partial charge in [-0.2, -0.15) is 0 Å². The van der Waals surface area contributed by atoms with Gasteiger partial charge < -0.3 is 19.7 Å². The number of hydrogen-bond donors (Lipinski definition) is 2. The molecule has 0 spiro atoms. The Morgan fingerprint density at radius 1 is 1.00 bits per heavy atom. The summed E-state index contributed by atoms with van der Waals surface area (Å²) in [7, 11) is 0. The molecule has 3 rings (SSSR count). The summed E-state index contributed by atoms with van der Waals surface area (Å²) in [6, 6.07) is 22.2. The minimum Gasteiger partial charge on any atom is -0.493 e. The third-order valence-corrected chi connectivity index (χ3v) is 5.85. The Labute approximate surface area is 209 Å². The summed E-state index contributed by atoms with van der Waals surface area (Å²) >= 11 is 0. The van der Waals surface area contributed by atoms with Crippen LogP contribution in [0.1, 0.15) is 67.5 Å². The highest BCUT2D eigenvalue weighted by atomic mass is 16.5. The predicted octanol–water partition coefficient (Wildman–Crippen LogP) is 6.53. The Morgan fingerprint density at radius 2 is 1.71 bits per heavy atom. The maximum Gasteiger partial charge on any atom is 0.290 e. The molecule has 5 heteroatoms. The lowest BCUT2D eigenvalue weighted by Crippen LogP contribution is -2.17. The third-order valence-electron chi connectivity index (χ3n) is 5.85. The second kappa shape index (κ2) is 14.8. The van der Waals surface area contributed by atoms with Crippen LogP contribution in [0.25, 0.3) is 0 Å². The zero-order chi connectivity index (χ0) is 25.6. The molecule has 0 aliphatic carbocycles. The van der Waals surface area contributed by atoms with E-state index in [2.05, 4.69) is 51.1 Å². The van der Waals surface area contributed by atoms with E-state index in [0.29, 0.717) is 6.61 Å². The summed E-state index contributed by atoms with van der Waals surface area (Å²) in [5.41, 5.74) is 5.52. The summed E-state index contributed by atoms with van der Waals surface area (Å²) in [4.78, 5) is 8.36. The highest BCUT2D eigenvalue weighted by Gasteiger charge is 2.18. The molecule has 0 saturated carbocycles. The molecule has 188 valence electrons. The monoisotopic (exact) mass is 478 g/mol. The van der Waals surface area contributed by atoms with Crippen LogP contribution in [-0.4, -0.2) is 29.4 Å². The first-order valence-electron chi connectivity index (χ1n) is 12.3. The molecule has 0 saturated heterocycles. The number of aliphatic hydroxyl groups excluding tert-OH is 1. The molecule has 2 atom stereocenters. The smallest absolute Gasteiger partial charge is 0.290 e. The summed E-state index contributed by atoms with van der Waals surface area (Å²) in [6.45, 7) is 8.84. The molecule has 0 heterocycles. The molecule has 2 N–H and O–H groups in total. The molecule has 0 fully saturated rings. The zero-order valence-electron chi connectivity index (χ0n) is 21.2. The van der Waals surface area contributed by atoms with Crippen molar-refractivity contribution in [2.45, 2.75) is 65.6 Å². The molecule has 3 aromatic rings. The fraction of sp³-hybridized carbons (Fsp3) is 0.367. The first-order chi connectivity index (χ1) is 16.9. The van der Waals surface area contributed by atoms with Gasteiger partial charge in [0.2, 0.25) is 0 Å². The molecular weight excluding hydrogens is 440 g/mol. The van der Waals surface area contributed by atoms with Gasteiger partial charge in [0, 0.05) is 12.0 Å². The first kappa shape index (κ1) is 27.9. The molecule has 0 radical (unpaired) electrons. The van der Waals surface area contributed by atoms with Gasteiger partial charge in [0.15, 0.2) is 0 Å². The van der Waals surface area contributed by atoms with Crippen molar-refractivity contribution in [2.24, 2.45) is 0 Å². The van der Waals surface area contributed by atoms with E-state index in [1.807, 2.05) is 43.3 Å². The zero-order valence-corrected chi connectivity index (χ0v) is 21.2. The van der Waals surface area contributed by atoms with E-state index in [0.717, 1.165) is 48.3 Å². The molecule has 0 aromatic heterocycles. The highest BCUT2D eigenvalue weighted by molar-refractivity contribution is 5.43. The van der Waals surface area contributed by atoms with E-state index in [1.165, 1.54) is 16.7 Å². The van der Waals surface area contributed by atoms with E-state index in [9.17, 15) is 5.11 Å². The van der Waals surface area contributed by atoms with E-state index in [-0.39, 0.29) is 12.6 Å². The number of hydrogen-bond acceptors (Lipinski definition) is 4. The fourth-order valence-corrected chi connectivity index (χ4v) is 3.88. The van der Waals surface area contributed by atoms with Crippen molar-refractivity contribution in [3.63, 3.8) is 0 Å². The SMILES string of the molecule is CCCc1ccc(OCC[C@@H](C)Oc2ccc(CC)cc2C(O)c2ccccc2)cc1C.O=CO. The van der Waals surface area contributed by atoms with Crippen molar-refractivity contribution >= 4 is 6.47 Å². The minimum atomic E-state index is -0.717. The number of benzene rings is 3. The summed E-state index contributed by atoms with van der Waals surface area (Å²) < 4.78 is 12.2. The second-order valence-electron chi connectivity index (χ2n) is 8.55. The Bertz CT molecular complexity index is 1030. The summed E-state index contributed by atoms with van der Waals surface area (Å²) in [6.07, 6.45) is 3.16. The third kappa shape index (κ3) is 8.76. The standard InChI is InChI=1S/C29H36O3.CH2O2/c1-5-10-24-14-15-26(19-21(24)3)31-18-17-22(4)32-28-16-13-23(6-2)20-27(28)29(30)25-11-8-7-9-12-25;2-1-3/h7-9,11-16,19-20,22,29-30H,5-6,10,17-18H2,1-4H3;1H,(H,2,3)/t22-,29?;/m1./s1. The van der Waals surface area contributed by atoms with Gasteiger partial charge in [-0.05, 0) is 73.2 Å². The van der Waals surface area contributed by atoms with Crippen LogP contribution in [0.15, 0.2) is 66.7 Å². The van der Waals surface area contributed by atoms with E-state index >= 15 is 0 Å². The Balaban J connectivity index is 0.00000137. The maximum absolute atomic E-state index is 11.0. The average molecular weight is 479 g/mol. The lowest BCUT2D eigenvalue weighted by molar-refractivity contribution is -0.122. The van der Waals surface area contributed by atoms with Gasteiger partial charge in [-0.3, -0.25) is 4.79 Å².